The molecule has 2 aliphatic heterocycles. The monoisotopic (exact) mass is 723 g/mol. The van der Waals surface area contributed by atoms with E-state index in [2.05, 4.69) is 205 Å². The lowest BCUT2D eigenvalue weighted by atomic mass is 9.54. The zero-order valence-electron chi connectivity index (χ0n) is 30.8. The Morgan fingerprint density at radius 3 is 2.00 bits per heavy atom. The van der Waals surface area contributed by atoms with Crippen LogP contribution >= 0.6 is 0 Å². The number of nitrogens with zero attached hydrogens (tertiary/aromatic N) is 1. The number of furan rings is 1. The molecule has 1 N–H and O–H groups in total. The van der Waals surface area contributed by atoms with Crippen LogP contribution in [0.1, 0.15) is 22.3 Å². The number of H-pyrrole nitrogens is 1. The van der Waals surface area contributed by atoms with Crippen molar-refractivity contribution < 1.29 is 4.42 Å². The van der Waals surface area contributed by atoms with Gasteiger partial charge in [0.1, 0.15) is 11.2 Å². The highest BCUT2D eigenvalue weighted by atomic mass is 16.3. The normalized spacial score (nSPS) is 13.9. The predicted octanol–water partition coefficient (Wildman–Crippen LogP) is 12.2. The Bertz CT molecular complexity index is 3410. The van der Waals surface area contributed by atoms with E-state index in [-0.39, 0.29) is 0 Å². The number of benzene rings is 9. The topological polar surface area (TPSA) is 32.2 Å². The quantitative estimate of drug-likeness (QED) is 0.184. The van der Waals surface area contributed by atoms with E-state index in [4.69, 9.17) is 4.42 Å². The van der Waals surface area contributed by atoms with Gasteiger partial charge in [-0.25, -0.2) is 0 Å². The van der Waals surface area contributed by atoms with Gasteiger partial charge in [0.05, 0.1) is 16.6 Å². The minimum Gasteiger partial charge on any atom is -0.456 e. The number of anilines is 3. The number of rotatable bonds is 3. The smallest absolute Gasteiger partial charge is 0.197 e. The summed E-state index contributed by atoms with van der Waals surface area (Å²) in [6.45, 7) is 0. The van der Waals surface area contributed by atoms with Crippen molar-refractivity contribution in [3.8, 4) is 11.1 Å². The minimum atomic E-state index is -0.544. The van der Waals surface area contributed by atoms with Gasteiger partial charge in [-0.1, -0.05) is 163 Å². The van der Waals surface area contributed by atoms with E-state index in [1.807, 2.05) is 0 Å². The Morgan fingerprint density at radius 1 is 0.509 bits per heavy atom. The van der Waals surface area contributed by atoms with Crippen LogP contribution in [0.5, 0.6) is 0 Å². The maximum atomic E-state index is 6.85. The number of para-hydroxylation sites is 4. The molecule has 57 heavy (non-hydrogen) atoms. The third-order valence-electron chi connectivity index (χ3n) is 12.7. The summed E-state index contributed by atoms with van der Waals surface area (Å²) in [6, 6.07) is 68.7. The lowest BCUT2D eigenvalue weighted by molar-refractivity contribution is 0.669. The molecule has 4 heterocycles. The van der Waals surface area contributed by atoms with E-state index in [1.54, 1.807) is 0 Å². The third kappa shape index (κ3) is 4.06. The van der Waals surface area contributed by atoms with Crippen molar-refractivity contribution in [2.24, 2.45) is 0 Å². The first-order valence-electron chi connectivity index (χ1n) is 19.7. The molecule has 3 nitrogen and oxygen atoms in total. The SMILES string of the molecule is [B]1c2cccc3c2N(c2ccccc2C3(c2ccccc2)c2ccccc2)c2cc3oc4ccccc4c3c(-c3cccc4c3[nH]c3cc5ccccc5cc34)c21. The van der Waals surface area contributed by atoms with E-state index in [9.17, 15) is 0 Å². The predicted molar refractivity (Wildman–Crippen MR) is 238 cm³/mol. The maximum absolute atomic E-state index is 6.85. The van der Waals surface area contributed by atoms with E-state index < -0.39 is 5.41 Å². The molecule has 1 radical (unpaired) electrons. The molecule has 0 amide bonds. The van der Waals surface area contributed by atoms with Crippen LogP contribution < -0.4 is 15.8 Å². The molecule has 0 aliphatic carbocycles. The van der Waals surface area contributed by atoms with Gasteiger partial charge in [-0.05, 0) is 68.3 Å². The Morgan fingerprint density at radius 2 is 1.18 bits per heavy atom. The fourth-order valence-electron chi connectivity index (χ4n) is 10.4. The number of nitrogens with one attached hydrogen (secondary N) is 1. The average molecular weight is 724 g/mol. The molecule has 11 aromatic rings. The summed E-state index contributed by atoms with van der Waals surface area (Å²) >= 11 is 0. The summed E-state index contributed by atoms with van der Waals surface area (Å²) < 4.78 is 6.85. The summed E-state index contributed by atoms with van der Waals surface area (Å²) in [5.41, 5.74) is 16.6. The van der Waals surface area contributed by atoms with Gasteiger partial charge < -0.3 is 14.3 Å². The Balaban J connectivity index is 1.16. The molecule has 13 rings (SSSR count). The van der Waals surface area contributed by atoms with Gasteiger partial charge in [-0.15, -0.1) is 0 Å². The molecular weight excluding hydrogens is 691 g/mol. The van der Waals surface area contributed by atoms with E-state index in [1.165, 1.54) is 66.0 Å². The van der Waals surface area contributed by atoms with Crippen LogP contribution in [-0.4, -0.2) is 12.3 Å². The van der Waals surface area contributed by atoms with Crippen molar-refractivity contribution in [1.29, 1.82) is 0 Å². The minimum absolute atomic E-state index is 0.544. The van der Waals surface area contributed by atoms with Crippen molar-refractivity contribution in [3.63, 3.8) is 0 Å². The molecular formula is C53H32BN2O. The standard InChI is InChI=1S/C53H32BN2O/c1-3-17-34(18-4-1)53(35-19-5-2-6-20-35)40-24-10-11-27-44(40)56-45-31-47-48(37-21-9-12-28-46(37)57-47)49(50(45)54-42-26-14-25-41(53)52(42)56)38-23-13-22-36-39-29-32-15-7-8-16-33(32)30-43(39)55-51(36)38/h1-31,55H. The zero-order chi connectivity index (χ0) is 37.2. The maximum Gasteiger partial charge on any atom is 0.197 e. The molecule has 2 aromatic heterocycles. The Kier molecular flexibility index (Phi) is 6.18. The van der Waals surface area contributed by atoms with Crippen molar-refractivity contribution >= 4 is 89.8 Å². The molecule has 0 bridgehead atoms. The second kappa shape index (κ2) is 11.4. The molecule has 0 saturated heterocycles. The molecule has 0 spiro atoms. The molecule has 2 aliphatic rings. The van der Waals surface area contributed by atoms with Gasteiger partial charge in [0.25, 0.3) is 0 Å². The van der Waals surface area contributed by atoms with E-state index >= 15 is 0 Å². The second-order valence-electron chi connectivity index (χ2n) is 15.5. The fraction of sp³-hybridized carbons (Fsp3) is 0.0189. The van der Waals surface area contributed by atoms with Gasteiger partial charge in [0.15, 0.2) is 7.28 Å². The summed E-state index contributed by atoms with van der Waals surface area (Å²) in [5, 5.41) is 7.15. The van der Waals surface area contributed by atoms with Crippen molar-refractivity contribution in [1.82, 2.24) is 4.98 Å². The number of hydrogen-bond donors (Lipinski definition) is 1. The summed E-state index contributed by atoms with van der Waals surface area (Å²) in [5.74, 6) is 0. The van der Waals surface area contributed by atoms with Crippen molar-refractivity contribution in [3.05, 3.63) is 210 Å². The number of aromatic amines is 1. The average Bonchev–Trinajstić information content (AvgIpc) is 3.83. The van der Waals surface area contributed by atoms with Crippen LogP contribution in [0.4, 0.5) is 17.1 Å². The highest BCUT2D eigenvalue weighted by molar-refractivity contribution is 6.74. The van der Waals surface area contributed by atoms with Crippen molar-refractivity contribution in [2.45, 2.75) is 5.41 Å². The van der Waals surface area contributed by atoms with Crippen LogP contribution in [0.15, 0.2) is 192 Å². The molecule has 4 heteroatoms. The largest absolute Gasteiger partial charge is 0.456 e. The second-order valence-corrected chi connectivity index (χ2v) is 15.5. The lowest BCUT2D eigenvalue weighted by Gasteiger charge is -2.49. The number of hydrogen-bond acceptors (Lipinski definition) is 2. The molecule has 263 valence electrons. The zero-order valence-corrected chi connectivity index (χ0v) is 30.8. The molecule has 9 aromatic carbocycles. The lowest BCUT2D eigenvalue weighted by Crippen LogP contribution is -2.47. The molecule has 0 atom stereocenters. The van der Waals surface area contributed by atoms with Gasteiger partial charge >= 0.3 is 0 Å². The Hall–Kier alpha value is -7.30. The van der Waals surface area contributed by atoms with Crippen LogP contribution in [0.2, 0.25) is 0 Å². The summed E-state index contributed by atoms with van der Waals surface area (Å²) in [4.78, 5) is 6.44. The first-order chi connectivity index (χ1) is 28.3. The van der Waals surface area contributed by atoms with E-state index in [0.717, 1.165) is 49.9 Å². The number of aromatic nitrogens is 1. The van der Waals surface area contributed by atoms with Crippen molar-refractivity contribution in [2.75, 3.05) is 4.90 Å². The Labute approximate surface area is 329 Å². The van der Waals surface area contributed by atoms with Gasteiger partial charge in [0, 0.05) is 50.1 Å². The first kappa shape index (κ1) is 31.0. The van der Waals surface area contributed by atoms with E-state index in [0.29, 0.717) is 0 Å². The van der Waals surface area contributed by atoms with Crippen LogP contribution in [0.25, 0.3) is 65.6 Å². The highest BCUT2D eigenvalue weighted by Crippen LogP contribution is 2.58. The summed E-state index contributed by atoms with van der Waals surface area (Å²) in [6.07, 6.45) is 0. The van der Waals surface area contributed by atoms with Gasteiger partial charge in [-0.2, -0.15) is 0 Å². The third-order valence-corrected chi connectivity index (χ3v) is 12.7. The van der Waals surface area contributed by atoms with Gasteiger partial charge in [0.2, 0.25) is 0 Å². The highest BCUT2D eigenvalue weighted by Gasteiger charge is 2.48. The van der Waals surface area contributed by atoms with Crippen LogP contribution in [0, 0.1) is 0 Å². The van der Waals surface area contributed by atoms with Crippen LogP contribution in [0.3, 0.4) is 0 Å². The molecule has 0 unspecified atom stereocenters. The van der Waals surface area contributed by atoms with Gasteiger partial charge in [-0.3, -0.25) is 0 Å². The first-order valence-corrected chi connectivity index (χ1v) is 19.7. The van der Waals surface area contributed by atoms with Crippen LogP contribution in [-0.2, 0) is 5.41 Å². The number of fused-ring (bicyclic) bond motifs is 11. The molecule has 0 fully saturated rings. The summed E-state index contributed by atoms with van der Waals surface area (Å²) in [7, 11) is 2.44. The molecule has 0 saturated carbocycles. The fourth-order valence-corrected chi connectivity index (χ4v) is 10.4.